The Balaban J connectivity index is 0.00000289. The molecule has 1 aliphatic rings. The van der Waals surface area contributed by atoms with Crippen LogP contribution in [0.5, 0.6) is 0 Å². The molecule has 0 spiro atoms. The van der Waals surface area contributed by atoms with Crippen molar-refractivity contribution in [1.82, 2.24) is 15.3 Å². The largest absolute Gasteiger partial charge is 0.354 e. The molecule has 3 aromatic carbocycles. The number of amides is 2. The summed E-state index contributed by atoms with van der Waals surface area (Å²) >= 11 is 0. The van der Waals surface area contributed by atoms with Crippen LogP contribution in [0.3, 0.4) is 0 Å². The first kappa shape index (κ1) is 24.2. The first-order valence-corrected chi connectivity index (χ1v) is 11.1. The Morgan fingerprint density at radius 1 is 1.03 bits per heavy atom. The molecule has 1 atom stereocenters. The van der Waals surface area contributed by atoms with Gasteiger partial charge in [-0.15, -0.1) is 12.4 Å². The van der Waals surface area contributed by atoms with Gasteiger partial charge in [-0.1, -0.05) is 60.7 Å². The van der Waals surface area contributed by atoms with E-state index in [9.17, 15) is 9.59 Å². The van der Waals surface area contributed by atoms with Gasteiger partial charge < -0.3 is 10.3 Å². The lowest BCUT2D eigenvalue weighted by molar-refractivity contribution is -0.120. The summed E-state index contributed by atoms with van der Waals surface area (Å²) in [5.41, 5.74) is 8.11. The zero-order chi connectivity index (χ0) is 23.7. The van der Waals surface area contributed by atoms with Gasteiger partial charge in [-0.3, -0.25) is 14.5 Å². The third-order valence-electron chi connectivity index (χ3n) is 6.07. The number of hydrogen-bond donors (Lipinski definition) is 3. The van der Waals surface area contributed by atoms with Crippen molar-refractivity contribution in [1.29, 1.82) is 0 Å². The fourth-order valence-electron chi connectivity index (χ4n) is 4.36. The van der Waals surface area contributed by atoms with Crippen molar-refractivity contribution in [2.24, 2.45) is 5.10 Å². The molecule has 2 heterocycles. The molecule has 8 heteroatoms. The fraction of sp³-hybridized carbons (Fsp3) is 0.148. The summed E-state index contributed by atoms with van der Waals surface area (Å²) in [5, 5.41) is 7.90. The Morgan fingerprint density at radius 3 is 2.40 bits per heavy atom. The van der Waals surface area contributed by atoms with E-state index in [4.69, 9.17) is 0 Å². The molecule has 35 heavy (non-hydrogen) atoms. The maximum absolute atomic E-state index is 13.3. The molecule has 1 aromatic heterocycles. The minimum absolute atomic E-state index is 0. The van der Waals surface area contributed by atoms with Gasteiger partial charge in [0.1, 0.15) is 0 Å². The van der Waals surface area contributed by atoms with Crippen molar-refractivity contribution in [3.05, 3.63) is 89.5 Å². The van der Waals surface area contributed by atoms with E-state index < -0.39 is 0 Å². The molecule has 178 valence electrons. The third-order valence-corrected chi connectivity index (χ3v) is 6.07. The number of H-pyrrole nitrogens is 1. The number of carbonyl (C=O) groups is 2. The molecule has 4 aromatic rings. The number of anilines is 1. The second-order valence-corrected chi connectivity index (χ2v) is 8.58. The smallest absolute Gasteiger partial charge is 0.272 e. The van der Waals surface area contributed by atoms with E-state index in [0.29, 0.717) is 17.7 Å². The average Bonchev–Trinajstić information content (AvgIpc) is 3.12. The Hall–Kier alpha value is -3.94. The number of aromatic amines is 1. The van der Waals surface area contributed by atoms with Crippen LogP contribution in [-0.4, -0.2) is 48.1 Å². The summed E-state index contributed by atoms with van der Waals surface area (Å²) in [6, 6.07) is 23.0. The van der Waals surface area contributed by atoms with E-state index >= 15 is 0 Å². The zero-order valence-corrected chi connectivity index (χ0v) is 20.2. The Bertz CT molecular complexity index is 1400. The number of hydrogen-bond acceptors (Lipinski definition) is 4. The highest BCUT2D eigenvalue weighted by Gasteiger charge is 2.25. The van der Waals surface area contributed by atoms with Gasteiger partial charge in [-0.2, -0.15) is 5.10 Å². The lowest BCUT2D eigenvalue weighted by Crippen LogP contribution is -2.41. The second kappa shape index (κ2) is 10.1. The van der Waals surface area contributed by atoms with E-state index in [0.717, 1.165) is 33.3 Å². The van der Waals surface area contributed by atoms with Crippen molar-refractivity contribution in [2.45, 2.75) is 12.5 Å². The number of aromatic nitrogens is 1. The molecule has 3 N–H and O–H groups in total. The monoisotopic (exact) mass is 487 g/mol. The summed E-state index contributed by atoms with van der Waals surface area (Å²) in [6.07, 6.45) is 2.24. The maximum atomic E-state index is 13.3. The number of halogens is 1. The van der Waals surface area contributed by atoms with Crippen molar-refractivity contribution in [3.8, 4) is 11.3 Å². The summed E-state index contributed by atoms with van der Waals surface area (Å²) in [6.45, 7) is 0. The van der Waals surface area contributed by atoms with Gasteiger partial charge >= 0.3 is 0 Å². The molecule has 0 unspecified atom stereocenters. The molecule has 7 nitrogen and oxygen atoms in total. The molecule has 0 saturated carbocycles. The number of benzene rings is 3. The summed E-state index contributed by atoms with van der Waals surface area (Å²) in [7, 11) is 3.77. The van der Waals surface area contributed by atoms with Crippen LogP contribution >= 0.6 is 12.4 Å². The van der Waals surface area contributed by atoms with Crippen LogP contribution in [0.25, 0.3) is 22.2 Å². The number of likely N-dealkylation sites (N-methyl/N-ethyl adjacent to an activating group) is 1. The Morgan fingerprint density at radius 2 is 1.71 bits per heavy atom. The zero-order valence-electron chi connectivity index (χ0n) is 19.4. The number of hydrazone groups is 1. The number of nitrogens with zero attached hydrogens (tertiary/aromatic N) is 2. The SMILES string of the molecule is CN(C)[C@@H](Cc1ccccc1)C(=O)Nc1cc2c3c(c(-c4ccccc4)[nH]c3c1)C=NNC2=O.Cl. The van der Waals surface area contributed by atoms with Gasteiger partial charge in [-0.05, 0) is 43.8 Å². The van der Waals surface area contributed by atoms with Crippen LogP contribution in [0.4, 0.5) is 5.69 Å². The molecule has 0 saturated heterocycles. The molecular weight excluding hydrogens is 462 g/mol. The molecule has 1 aliphatic heterocycles. The molecule has 0 radical (unpaired) electrons. The first-order valence-electron chi connectivity index (χ1n) is 11.1. The first-order chi connectivity index (χ1) is 16.5. The van der Waals surface area contributed by atoms with E-state index in [2.05, 4.69) is 20.8 Å². The second-order valence-electron chi connectivity index (χ2n) is 8.58. The summed E-state index contributed by atoms with van der Waals surface area (Å²) in [5.74, 6) is -0.455. The molecule has 0 bridgehead atoms. The van der Waals surface area contributed by atoms with Gasteiger partial charge in [-0.25, -0.2) is 5.43 Å². The van der Waals surface area contributed by atoms with E-state index in [-0.39, 0.29) is 30.3 Å². The van der Waals surface area contributed by atoms with E-state index in [1.807, 2.05) is 85.7 Å². The van der Waals surface area contributed by atoms with E-state index in [1.165, 1.54) is 0 Å². The predicted octanol–water partition coefficient (Wildman–Crippen LogP) is 4.45. The minimum atomic E-state index is -0.367. The number of nitrogens with one attached hydrogen (secondary N) is 3. The lowest BCUT2D eigenvalue weighted by atomic mass is 10.0. The highest BCUT2D eigenvalue weighted by atomic mass is 35.5. The van der Waals surface area contributed by atoms with Crippen molar-refractivity contribution >= 4 is 47.0 Å². The number of carbonyl (C=O) groups excluding carboxylic acids is 2. The van der Waals surface area contributed by atoms with Crippen molar-refractivity contribution in [3.63, 3.8) is 0 Å². The quantitative estimate of drug-likeness (QED) is 0.375. The fourth-order valence-corrected chi connectivity index (χ4v) is 4.36. The lowest BCUT2D eigenvalue weighted by Gasteiger charge is -2.23. The van der Waals surface area contributed by atoms with Crippen LogP contribution in [-0.2, 0) is 11.2 Å². The van der Waals surface area contributed by atoms with Crippen LogP contribution in [0.15, 0.2) is 77.9 Å². The summed E-state index contributed by atoms with van der Waals surface area (Å²) in [4.78, 5) is 31.4. The van der Waals surface area contributed by atoms with Crippen LogP contribution in [0.1, 0.15) is 21.5 Å². The van der Waals surface area contributed by atoms with Gasteiger partial charge in [0.2, 0.25) is 5.91 Å². The van der Waals surface area contributed by atoms with Crippen molar-refractivity contribution in [2.75, 3.05) is 19.4 Å². The molecule has 5 rings (SSSR count). The highest BCUT2D eigenvalue weighted by Crippen LogP contribution is 2.34. The molecule has 0 aliphatic carbocycles. The molecular formula is C27H26ClN5O2. The van der Waals surface area contributed by atoms with Crippen LogP contribution in [0, 0.1) is 0 Å². The minimum Gasteiger partial charge on any atom is -0.354 e. The van der Waals surface area contributed by atoms with Crippen LogP contribution in [0.2, 0.25) is 0 Å². The number of rotatable bonds is 6. The van der Waals surface area contributed by atoms with Gasteiger partial charge in [0.05, 0.1) is 23.5 Å². The topological polar surface area (TPSA) is 89.6 Å². The maximum Gasteiger partial charge on any atom is 0.272 e. The van der Waals surface area contributed by atoms with Gasteiger partial charge in [0.25, 0.3) is 5.91 Å². The standard InChI is InChI=1S/C27H25N5O2.ClH/c1-32(2)23(13-17-9-5-3-6-10-17)27(34)29-19-14-20-24-21(16-28-31-26(20)33)25(30-22(24)15-19)18-11-7-4-8-12-18;/h3-12,14-16,23,30H,13H2,1-2H3,(H,29,34)(H,31,33);1H/t23-;/m0./s1. The third kappa shape index (κ3) is 4.82. The van der Waals surface area contributed by atoms with Gasteiger partial charge in [0.15, 0.2) is 0 Å². The normalized spacial score (nSPS) is 13.2. The highest BCUT2D eigenvalue weighted by molar-refractivity contribution is 6.18. The Kier molecular flexibility index (Phi) is 7.00. The van der Waals surface area contributed by atoms with Crippen molar-refractivity contribution < 1.29 is 9.59 Å². The van der Waals surface area contributed by atoms with Gasteiger partial charge in [0, 0.05) is 22.2 Å². The molecule has 2 amide bonds. The average molecular weight is 488 g/mol. The Labute approximate surface area is 209 Å². The van der Waals surface area contributed by atoms with E-state index in [1.54, 1.807) is 12.3 Å². The predicted molar refractivity (Wildman–Crippen MR) is 142 cm³/mol. The molecule has 0 fully saturated rings. The summed E-state index contributed by atoms with van der Waals surface area (Å²) < 4.78 is 0. The van der Waals surface area contributed by atoms with Crippen LogP contribution < -0.4 is 10.7 Å².